The minimum atomic E-state index is -1.43. The van der Waals surface area contributed by atoms with Gasteiger partial charge in [0.15, 0.2) is 0 Å². The predicted molar refractivity (Wildman–Crippen MR) is 114 cm³/mol. The molecule has 0 radical (unpaired) electrons. The third-order valence-corrected chi connectivity index (χ3v) is 4.96. The molecule has 0 aliphatic heterocycles. The summed E-state index contributed by atoms with van der Waals surface area (Å²) in [5.41, 5.74) is 6.02. The van der Waals surface area contributed by atoms with Gasteiger partial charge in [0.25, 0.3) is 0 Å². The van der Waals surface area contributed by atoms with Gasteiger partial charge in [-0.05, 0) is 32.3 Å². The summed E-state index contributed by atoms with van der Waals surface area (Å²) in [7, 11) is 0. The van der Waals surface area contributed by atoms with E-state index in [1.54, 1.807) is 0 Å². The highest BCUT2D eigenvalue weighted by Crippen LogP contribution is 2.05. The van der Waals surface area contributed by atoms with E-state index in [1.807, 2.05) is 6.26 Å². The van der Waals surface area contributed by atoms with E-state index in [0.29, 0.717) is 11.4 Å². The molecule has 0 fully saturated rings. The van der Waals surface area contributed by atoms with Gasteiger partial charge in [-0.2, -0.15) is 11.8 Å². The molecule has 0 spiro atoms. The number of aromatic nitrogens is 2. The minimum absolute atomic E-state index is 0.0671. The molecule has 1 heterocycles. The normalized spacial score (nSPS) is 15.8. The fourth-order valence-electron chi connectivity index (χ4n) is 2.54. The number of amides is 3. The van der Waals surface area contributed by atoms with Crippen molar-refractivity contribution in [2.45, 2.75) is 57.0 Å². The average molecular weight is 459 g/mol. The quantitative estimate of drug-likeness (QED) is 0.174. The number of H-pyrrole nitrogens is 1. The van der Waals surface area contributed by atoms with E-state index < -0.39 is 54.0 Å². The molecule has 1 aromatic heterocycles. The molecule has 12 nitrogen and oxygen atoms in total. The molecule has 5 atom stereocenters. The van der Waals surface area contributed by atoms with E-state index in [2.05, 4.69) is 25.9 Å². The van der Waals surface area contributed by atoms with Gasteiger partial charge >= 0.3 is 5.97 Å². The molecule has 3 amide bonds. The molecule has 8 N–H and O–H groups in total. The second-order valence-corrected chi connectivity index (χ2v) is 8.02. The zero-order chi connectivity index (χ0) is 23.6. The van der Waals surface area contributed by atoms with Gasteiger partial charge in [0.2, 0.25) is 17.7 Å². The lowest BCUT2D eigenvalue weighted by molar-refractivity contribution is -0.143. The number of carboxylic acids is 1. The number of carboxylic acid groups (broad SMARTS) is 1. The molecular weight excluding hydrogens is 428 g/mol. The van der Waals surface area contributed by atoms with E-state index in [0.717, 1.165) is 0 Å². The predicted octanol–water partition coefficient (Wildman–Crippen LogP) is -2.03. The van der Waals surface area contributed by atoms with Gasteiger partial charge < -0.3 is 36.9 Å². The lowest BCUT2D eigenvalue weighted by Crippen LogP contribution is -2.60. The van der Waals surface area contributed by atoms with E-state index >= 15 is 0 Å². The molecule has 13 heteroatoms. The maximum absolute atomic E-state index is 12.7. The Morgan fingerprint density at radius 3 is 2.26 bits per heavy atom. The molecular formula is C18H30N6O6S. The number of aliphatic hydroxyl groups excluding tert-OH is 1. The maximum Gasteiger partial charge on any atom is 0.326 e. The van der Waals surface area contributed by atoms with Crippen molar-refractivity contribution in [1.29, 1.82) is 0 Å². The number of nitrogens with one attached hydrogen (secondary N) is 4. The third kappa shape index (κ3) is 8.94. The highest BCUT2D eigenvalue weighted by Gasteiger charge is 2.32. The Balaban J connectivity index is 2.89. The van der Waals surface area contributed by atoms with Crippen molar-refractivity contribution in [3.63, 3.8) is 0 Å². The van der Waals surface area contributed by atoms with Crippen molar-refractivity contribution in [3.05, 3.63) is 18.2 Å². The van der Waals surface area contributed by atoms with Crippen LogP contribution >= 0.6 is 11.8 Å². The molecule has 0 aliphatic rings. The number of aliphatic carboxylic acids is 1. The van der Waals surface area contributed by atoms with Crippen LogP contribution in [-0.2, 0) is 25.6 Å². The fourth-order valence-corrected chi connectivity index (χ4v) is 3.02. The summed E-state index contributed by atoms with van der Waals surface area (Å²) >= 11 is 1.46. The smallest absolute Gasteiger partial charge is 0.326 e. The third-order valence-electron chi connectivity index (χ3n) is 4.31. The number of nitrogens with two attached hydrogens (primary N) is 1. The number of aliphatic hydroxyl groups is 1. The first-order chi connectivity index (χ1) is 14.6. The number of carbonyl (C=O) groups is 4. The van der Waals surface area contributed by atoms with Crippen LogP contribution in [0.5, 0.6) is 0 Å². The summed E-state index contributed by atoms with van der Waals surface area (Å²) in [5.74, 6) is -2.85. The Hall–Kier alpha value is -2.64. The van der Waals surface area contributed by atoms with E-state index in [9.17, 15) is 29.4 Å². The van der Waals surface area contributed by atoms with Gasteiger partial charge in [-0.15, -0.1) is 0 Å². The highest BCUT2D eigenvalue weighted by molar-refractivity contribution is 7.98. The Morgan fingerprint density at radius 1 is 1.13 bits per heavy atom. The number of hydrogen-bond donors (Lipinski definition) is 7. The molecule has 174 valence electrons. The number of rotatable bonds is 13. The maximum atomic E-state index is 12.7. The van der Waals surface area contributed by atoms with Crippen LogP contribution < -0.4 is 21.7 Å². The van der Waals surface area contributed by atoms with Gasteiger partial charge in [0.1, 0.15) is 18.1 Å². The van der Waals surface area contributed by atoms with Gasteiger partial charge in [0, 0.05) is 18.3 Å². The molecule has 31 heavy (non-hydrogen) atoms. The summed E-state index contributed by atoms with van der Waals surface area (Å²) in [4.78, 5) is 55.3. The number of nitrogens with zero attached hydrogens (tertiary/aromatic N) is 1. The van der Waals surface area contributed by atoms with Crippen LogP contribution in [0.1, 0.15) is 26.0 Å². The van der Waals surface area contributed by atoms with Crippen molar-refractivity contribution in [3.8, 4) is 0 Å². The SMILES string of the molecule is CSCCC(NC(=O)C(C)N)C(=O)NC(C(=O)NC(Cc1cnc[nH]1)C(=O)O)C(C)O. The molecule has 1 aromatic rings. The number of imidazole rings is 1. The van der Waals surface area contributed by atoms with Crippen LogP contribution in [0.4, 0.5) is 0 Å². The summed E-state index contributed by atoms with van der Waals surface area (Å²) < 4.78 is 0. The molecule has 0 saturated carbocycles. The van der Waals surface area contributed by atoms with Crippen LogP contribution in [0.15, 0.2) is 12.5 Å². The Morgan fingerprint density at radius 2 is 1.77 bits per heavy atom. The average Bonchev–Trinajstić information content (AvgIpc) is 3.20. The largest absolute Gasteiger partial charge is 0.480 e. The fraction of sp³-hybridized carbons (Fsp3) is 0.611. The monoisotopic (exact) mass is 458 g/mol. The van der Waals surface area contributed by atoms with Crippen molar-refractivity contribution >= 4 is 35.5 Å². The Labute approximate surface area is 184 Å². The summed E-state index contributed by atoms with van der Waals surface area (Å²) in [6.07, 6.45) is 3.52. The Bertz CT molecular complexity index is 742. The van der Waals surface area contributed by atoms with Crippen molar-refractivity contribution in [2.75, 3.05) is 12.0 Å². The van der Waals surface area contributed by atoms with Gasteiger partial charge in [-0.3, -0.25) is 14.4 Å². The Kier molecular flexibility index (Phi) is 11.0. The number of aromatic amines is 1. The second-order valence-electron chi connectivity index (χ2n) is 7.04. The second kappa shape index (κ2) is 12.9. The first-order valence-corrected chi connectivity index (χ1v) is 11.0. The van der Waals surface area contributed by atoms with Gasteiger partial charge in [-0.1, -0.05) is 0 Å². The zero-order valence-corrected chi connectivity index (χ0v) is 18.4. The lowest BCUT2D eigenvalue weighted by atomic mass is 10.1. The van der Waals surface area contributed by atoms with Gasteiger partial charge in [-0.25, -0.2) is 9.78 Å². The number of thioether (sulfide) groups is 1. The van der Waals surface area contributed by atoms with Crippen LogP contribution in [0, 0.1) is 0 Å². The van der Waals surface area contributed by atoms with Crippen molar-refractivity contribution in [1.82, 2.24) is 25.9 Å². The van der Waals surface area contributed by atoms with E-state index in [1.165, 1.54) is 38.1 Å². The zero-order valence-electron chi connectivity index (χ0n) is 17.6. The molecule has 0 bridgehead atoms. The minimum Gasteiger partial charge on any atom is -0.480 e. The molecule has 1 rings (SSSR count). The van der Waals surface area contributed by atoms with Gasteiger partial charge in [0.05, 0.1) is 18.5 Å². The highest BCUT2D eigenvalue weighted by atomic mass is 32.2. The summed E-state index contributed by atoms with van der Waals surface area (Å²) in [6, 6.07) is -4.55. The van der Waals surface area contributed by atoms with Crippen LogP contribution in [0.25, 0.3) is 0 Å². The van der Waals surface area contributed by atoms with Crippen molar-refractivity contribution in [2.24, 2.45) is 5.73 Å². The summed E-state index contributed by atoms with van der Waals surface area (Å²) in [5, 5.41) is 26.6. The topological polar surface area (TPSA) is 200 Å². The van der Waals surface area contributed by atoms with Crippen LogP contribution in [-0.4, -0.2) is 86.2 Å². The summed E-state index contributed by atoms with van der Waals surface area (Å²) in [6.45, 7) is 2.75. The number of carbonyl (C=O) groups excluding carboxylic acids is 3. The molecule has 5 unspecified atom stereocenters. The first-order valence-electron chi connectivity index (χ1n) is 9.60. The molecule has 0 aromatic carbocycles. The van der Waals surface area contributed by atoms with Crippen molar-refractivity contribution < 1.29 is 29.4 Å². The van der Waals surface area contributed by atoms with E-state index in [-0.39, 0.29) is 12.8 Å². The van der Waals surface area contributed by atoms with Crippen LogP contribution in [0.3, 0.4) is 0 Å². The lowest BCUT2D eigenvalue weighted by Gasteiger charge is -2.26. The van der Waals surface area contributed by atoms with Crippen LogP contribution in [0.2, 0.25) is 0 Å². The molecule has 0 aliphatic carbocycles. The standard InChI is InChI=1S/C18H30N6O6S/c1-9(19)15(26)22-12(4-5-31-3)16(27)24-14(10(2)25)17(28)23-13(18(29)30)6-11-7-20-8-21-11/h7-10,12-14,25H,4-6,19H2,1-3H3,(H,20,21)(H,22,26)(H,23,28)(H,24,27)(H,29,30). The number of hydrogen-bond acceptors (Lipinski definition) is 8. The molecule has 0 saturated heterocycles. The first kappa shape index (κ1) is 26.4. The van der Waals surface area contributed by atoms with E-state index in [4.69, 9.17) is 5.73 Å².